The number of aliphatic hydroxyl groups excluding tert-OH is 1. The number of aliphatic hydroxyl groups is 1. The molecule has 1 saturated heterocycles. The van der Waals surface area contributed by atoms with Crippen molar-refractivity contribution in [1.29, 1.82) is 0 Å². The highest BCUT2D eigenvalue weighted by atomic mass is 19.1. The summed E-state index contributed by atoms with van der Waals surface area (Å²) in [6.45, 7) is 3.42. The summed E-state index contributed by atoms with van der Waals surface area (Å²) < 4.78 is 20.7. The van der Waals surface area contributed by atoms with Crippen LogP contribution in [-0.2, 0) is 11.3 Å². The van der Waals surface area contributed by atoms with Crippen LogP contribution in [0.15, 0.2) is 48.5 Å². The Bertz CT molecular complexity index is 867. The molecule has 30 heavy (non-hydrogen) atoms. The number of benzene rings is 2. The Labute approximate surface area is 177 Å². The molecule has 0 radical (unpaired) electrons. The highest BCUT2D eigenvalue weighted by Crippen LogP contribution is 2.32. The Morgan fingerprint density at radius 2 is 1.83 bits per heavy atom. The number of likely N-dealkylation sites (tertiary alicyclic amines) is 1. The number of ether oxygens (including phenoxy) is 1. The van der Waals surface area contributed by atoms with Gasteiger partial charge in [-0.25, -0.2) is 4.39 Å². The van der Waals surface area contributed by atoms with Crippen molar-refractivity contribution >= 4 is 5.91 Å². The first-order valence-corrected chi connectivity index (χ1v) is 10.7. The molecule has 2 aromatic carbocycles. The second kappa shape index (κ2) is 9.58. The van der Waals surface area contributed by atoms with Crippen LogP contribution in [0.5, 0.6) is 5.75 Å². The van der Waals surface area contributed by atoms with Crippen LogP contribution in [-0.4, -0.2) is 53.6 Å². The van der Waals surface area contributed by atoms with Gasteiger partial charge in [0.2, 0.25) is 5.91 Å². The standard InChI is InChI=1S/C24H29FN2O3/c25-21-7-3-2-6-20(21)23-16-26(15-19-5-1-4-8-22(19)30-23)12-11-24(29)27-13-9-18(17-28)10-14-27/h1-8,18,23,28H,9-17H2. The first kappa shape index (κ1) is 20.8. The molecule has 1 fully saturated rings. The van der Waals surface area contributed by atoms with Crippen LogP contribution in [0.4, 0.5) is 4.39 Å². The SMILES string of the molecule is O=C(CCN1Cc2ccccc2OC(c2ccccc2F)C1)N1CCC(CO)CC1. The Hall–Kier alpha value is -2.44. The number of carbonyl (C=O) groups is 1. The summed E-state index contributed by atoms with van der Waals surface area (Å²) in [5, 5.41) is 9.29. The van der Waals surface area contributed by atoms with E-state index >= 15 is 0 Å². The van der Waals surface area contributed by atoms with Crippen LogP contribution in [0.25, 0.3) is 0 Å². The van der Waals surface area contributed by atoms with Crippen LogP contribution in [0.3, 0.4) is 0 Å². The van der Waals surface area contributed by atoms with E-state index in [0.29, 0.717) is 50.6 Å². The van der Waals surface area contributed by atoms with Gasteiger partial charge in [-0.05, 0) is 30.9 Å². The zero-order chi connectivity index (χ0) is 20.9. The van der Waals surface area contributed by atoms with E-state index in [4.69, 9.17) is 4.74 Å². The maximum atomic E-state index is 14.5. The predicted octanol–water partition coefficient (Wildman–Crippen LogP) is 3.38. The molecule has 5 nitrogen and oxygen atoms in total. The summed E-state index contributed by atoms with van der Waals surface area (Å²) in [7, 11) is 0. The van der Waals surface area contributed by atoms with E-state index < -0.39 is 6.10 Å². The van der Waals surface area contributed by atoms with Gasteiger partial charge in [0.05, 0.1) is 0 Å². The minimum Gasteiger partial charge on any atom is -0.484 e. The van der Waals surface area contributed by atoms with Crippen molar-refractivity contribution in [1.82, 2.24) is 9.80 Å². The molecule has 2 aromatic rings. The number of piperidine rings is 1. The van der Waals surface area contributed by atoms with E-state index in [-0.39, 0.29) is 18.3 Å². The lowest BCUT2D eigenvalue weighted by molar-refractivity contribution is -0.133. The van der Waals surface area contributed by atoms with Crippen LogP contribution in [0.1, 0.15) is 36.5 Å². The first-order chi connectivity index (χ1) is 14.6. The van der Waals surface area contributed by atoms with Crippen LogP contribution < -0.4 is 4.74 Å². The van der Waals surface area contributed by atoms with Crippen molar-refractivity contribution in [3.63, 3.8) is 0 Å². The van der Waals surface area contributed by atoms with Gasteiger partial charge >= 0.3 is 0 Å². The normalized spacial score (nSPS) is 20.3. The van der Waals surface area contributed by atoms with Gasteiger partial charge < -0.3 is 14.7 Å². The van der Waals surface area contributed by atoms with E-state index in [9.17, 15) is 14.3 Å². The molecule has 0 aliphatic carbocycles. The molecule has 0 aromatic heterocycles. The third kappa shape index (κ3) is 4.82. The second-order valence-corrected chi connectivity index (χ2v) is 8.23. The molecular formula is C24H29FN2O3. The van der Waals surface area contributed by atoms with Crippen molar-refractivity contribution in [2.24, 2.45) is 5.92 Å². The maximum Gasteiger partial charge on any atom is 0.223 e. The number of para-hydroxylation sites is 1. The van der Waals surface area contributed by atoms with E-state index in [1.807, 2.05) is 35.2 Å². The smallest absolute Gasteiger partial charge is 0.223 e. The average molecular weight is 413 g/mol. The van der Waals surface area contributed by atoms with Gasteiger partial charge in [0.25, 0.3) is 0 Å². The number of amides is 1. The maximum absolute atomic E-state index is 14.5. The second-order valence-electron chi connectivity index (χ2n) is 8.23. The third-order valence-electron chi connectivity index (χ3n) is 6.18. The summed E-state index contributed by atoms with van der Waals surface area (Å²) in [6, 6.07) is 14.6. The van der Waals surface area contributed by atoms with E-state index in [1.54, 1.807) is 12.1 Å². The van der Waals surface area contributed by atoms with Crippen LogP contribution in [0.2, 0.25) is 0 Å². The Morgan fingerprint density at radius 3 is 2.60 bits per heavy atom. The average Bonchev–Trinajstić information content (AvgIpc) is 2.97. The predicted molar refractivity (Wildman–Crippen MR) is 112 cm³/mol. The fraction of sp³-hybridized carbons (Fsp3) is 0.458. The lowest BCUT2D eigenvalue weighted by atomic mass is 9.98. The number of hydrogen-bond acceptors (Lipinski definition) is 4. The quantitative estimate of drug-likeness (QED) is 0.818. The molecule has 2 aliphatic rings. The van der Waals surface area contributed by atoms with Gasteiger partial charge in [-0.1, -0.05) is 36.4 Å². The Morgan fingerprint density at radius 1 is 1.10 bits per heavy atom. The molecule has 2 heterocycles. The highest BCUT2D eigenvalue weighted by Gasteiger charge is 2.27. The molecule has 0 saturated carbocycles. The van der Waals surface area contributed by atoms with Crippen molar-refractivity contribution in [2.75, 3.05) is 32.8 Å². The molecule has 0 spiro atoms. The minimum absolute atomic E-state index is 0.146. The lowest BCUT2D eigenvalue weighted by Gasteiger charge is -2.32. The van der Waals surface area contributed by atoms with Gasteiger partial charge in [-0.3, -0.25) is 9.69 Å². The molecule has 1 atom stereocenters. The zero-order valence-electron chi connectivity index (χ0n) is 17.2. The van der Waals surface area contributed by atoms with Crippen molar-refractivity contribution in [3.05, 3.63) is 65.5 Å². The molecular weight excluding hydrogens is 383 g/mol. The van der Waals surface area contributed by atoms with Gasteiger partial charge in [0, 0.05) is 56.9 Å². The van der Waals surface area contributed by atoms with Crippen molar-refractivity contribution < 1.29 is 19.0 Å². The number of carbonyl (C=O) groups excluding carboxylic acids is 1. The first-order valence-electron chi connectivity index (χ1n) is 10.7. The molecule has 160 valence electrons. The Kier molecular flexibility index (Phi) is 6.65. The monoisotopic (exact) mass is 412 g/mol. The fourth-order valence-electron chi connectivity index (χ4n) is 4.33. The number of rotatable bonds is 5. The Balaban J connectivity index is 1.44. The summed E-state index contributed by atoms with van der Waals surface area (Å²) in [5.74, 6) is 0.956. The molecule has 2 aliphatic heterocycles. The topological polar surface area (TPSA) is 53.0 Å². The van der Waals surface area contributed by atoms with Crippen molar-refractivity contribution in [3.8, 4) is 5.75 Å². The van der Waals surface area contributed by atoms with Gasteiger partial charge in [-0.2, -0.15) is 0 Å². The van der Waals surface area contributed by atoms with Gasteiger partial charge in [0.15, 0.2) is 0 Å². The minimum atomic E-state index is -0.426. The summed E-state index contributed by atoms with van der Waals surface area (Å²) >= 11 is 0. The third-order valence-corrected chi connectivity index (χ3v) is 6.18. The molecule has 1 unspecified atom stereocenters. The highest BCUT2D eigenvalue weighted by molar-refractivity contribution is 5.76. The largest absolute Gasteiger partial charge is 0.484 e. The van der Waals surface area contributed by atoms with E-state index in [1.165, 1.54) is 6.07 Å². The summed E-state index contributed by atoms with van der Waals surface area (Å²) in [6.07, 6.45) is 1.73. The van der Waals surface area contributed by atoms with Crippen LogP contribution in [0, 0.1) is 11.7 Å². The number of hydrogen-bond donors (Lipinski definition) is 1. The molecule has 1 N–H and O–H groups in total. The molecule has 6 heteroatoms. The van der Waals surface area contributed by atoms with Gasteiger partial charge in [-0.15, -0.1) is 0 Å². The fourth-order valence-corrected chi connectivity index (χ4v) is 4.33. The summed E-state index contributed by atoms with van der Waals surface area (Å²) in [4.78, 5) is 16.8. The number of halogens is 1. The molecule has 1 amide bonds. The van der Waals surface area contributed by atoms with Crippen molar-refractivity contribution in [2.45, 2.75) is 31.9 Å². The summed E-state index contributed by atoms with van der Waals surface area (Å²) in [5.41, 5.74) is 1.59. The van der Waals surface area contributed by atoms with Gasteiger partial charge in [0.1, 0.15) is 17.7 Å². The number of nitrogens with zero attached hydrogens (tertiary/aromatic N) is 2. The van der Waals surface area contributed by atoms with E-state index in [2.05, 4.69) is 4.90 Å². The zero-order valence-corrected chi connectivity index (χ0v) is 17.2. The molecule has 4 rings (SSSR count). The molecule has 0 bridgehead atoms. The lowest BCUT2D eigenvalue weighted by Crippen LogP contribution is -2.41. The van der Waals surface area contributed by atoms with Crippen LogP contribution >= 0.6 is 0 Å². The van der Waals surface area contributed by atoms with E-state index in [0.717, 1.165) is 24.2 Å². The number of fused-ring (bicyclic) bond motifs is 1.